The number of anilines is 2. The zero-order valence-electron chi connectivity index (χ0n) is 22.8. The molecule has 1 aromatic heterocycles. The molecule has 0 saturated heterocycles. The molecule has 1 atom stereocenters. The number of carbonyl (C=O) groups is 2. The van der Waals surface area contributed by atoms with Crippen LogP contribution in [0.1, 0.15) is 47.0 Å². The molecule has 0 spiro atoms. The zero-order valence-corrected chi connectivity index (χ0v) is 23.6. The van der Waals surface area contributed by atoms with Crippen LogP contribution in [-0.2, 0) is 4.79 Å². The standard InChI is InChI=1S/C31H31FN4O4S/c1-39-24-15-9-20(10-16-24)28(30(37)34-22-5-3-4-6-22)36(23-13-17-25(40-2)18-14-23)31(38)29-26(33)27(35-41-29)19-7-11-21(32)12-8-19/h7-18,22,28H,3-6,33H2,1-2H3,(H,34,37)/t28-/m1/s1. The second kappa shape index (κ2) is 12.4. The highest BCUT2D eigenvalue weighted by Gasteiger charge is 2.37. The third-order valence-electron chi connectivity index (χ3n) is 7.25. The quantitative estimate of drug-likeness (QED) is 0.254. The fourth-order valence-corrected chi connectivity index (χ4v) is 5.82. The van der Waals surface area contributed by atoms with Crippen LogP contribution in [-0.4, -0.2) is 36.4 Å². The van der Waals surface area contributed by atoms with Gasteiger partial charge in [-0.15, -0.1) is 0 Å². The lowest BCUT2D eigenvalue weighted by Crippen LogP contribution is -2.46. The molecule has 1 aliphatic carbocycles. The Morgan fingerprint density at radius 2 is 1.54 bits per heavy atom. The molecule has 4 aromatic rings. The fourth-order valence-electron chi connectivity index (χ4n) is 5.06. The van der Waals surface area contributed by atoms with Crippen molar-refractivity contribution in [1.29, 1.82) is 0 Å². The van der Waals surface area contributed by atoms with Gasteiger partial charge < -0.3 is 20.5 Å². The van der Waals surface area contributed by atoms with Crippen LogP contribution in [0.15, 0.2) is 72.8 Å². The van der Waals surface area contributed by atoms with Crippen molar-refractivity contribution in [1.82, 2.24) is 9.69 Å². The highest BCUT2D eigenvalue weighted by Crippen LogP contribution is 2.37. The summed E-state index contributed by atoms with van der Waals surface area (Å²) in [6.07, 6.45) is 3.87. The van der Waals surface area contributed by atoms with Crippen LogP contribution in [0, 0.1) is 5.82 Å². The summed E-state index contributed by atoms with van der Waals surface area (Å²) in [5.41, 5.74) is 8.70. The Hall–Kier alpha value is -4.44. The van der Waals surface area contributed by atoms with Gasteiger partial charge in [0.15, 0.2) is 0 Å². The average molecular weight is 575 g/mol. The highest BCUT2D eigenvalue weighted by atomic mass is 32.1. The van der Waals surface area contributed by atoms with E-state index < -0.39 is 11.9 Å². The largest absolute Gasteiger partial charge is 0.497 e. The fraction of sp³-hybridized carbons (Fsp3) is 0.258. The van der Waals surface area contributed by atoms with Gasteiger partial charge in [0, 0.05) is 17.3 Å². The topological polar surface area (TPSA) is 107 Å². The number of hydrogen-bond donors (Lipinski definition) is 2. The van der Waals surface area contributed by atoms with Gasteiger partial charge in [0.25, 0.3) is 5.91 Å². The minimum absolute atomic E-state index is 0.0367. The van der Waals surface area contributed by atoms with Crippen molar-refractivity contribution in [2.24, 2.45) is 0 Å². The number of ether oxygens (including phenoxy) is 2. The summed E-state index contributed by atoms with van der Waals surface area (Å²) < 4.78 is 28.6. The third-order valence-corrected chi connectivity index (χ3v) is 8.10. The number of methoxy groups -OCH3 is 2. The number of nitrogen functional groups attached to an aromatic ring is 1. The van der Waals surface area contributed by atoms with E-state index in [1.165, 1.54) is 17.0 Å². The van der Waals surface area contributed by atoms with Crippen LogP contribution in [0.3, 0.4) is 0 Å². The third kappa shape index (κ3) is 6.02. The SMILES string of the molecule is COc1ccc([C@H](C(=O)NC2CCCC2)N(C(=O)c2snc(-c3ccc(F)cc3)c2N)c2ccc(OC)cc2)cc1. The number of amides is 2. The van der Waals surface area contributed by atoms with Crippen molar-refractivity contribution >= 4 is 34.7 Å². The maximum Gasteiger partial charge on any atom is 0.273 e. The minimum atomic E-state index is -1.02. The average Bonchev–Trinajstić information content (AvgIpc) is 3.65. The van der Waals surface area contributed by atoms with Gasteiger partial charge >= 0.3 is 0 Å². The summed E-state index contributed by atoms with van der Waals surface area (Å²) in [6, 6.07) is 18.8. The number of aromatic nitrogens is 1. The van der Waals surface area contributed by atoms with Gasteiger partial charge in [-0.1, -0.05) is 25.0 Å². The second-order valence-electron chi connectivity index (χ2n) is 9.82. The van der Waals surface area contributed by atoms with E-state index in [2.05, 4.69) is 9.69 Å². The molecule has 0 bridgehead atoms. The first-order chi connectivity index (χ1) is 19.9. The summed E-state index contributed by atoms with van der Waals surface area (Å²) in [5.74, 6) is 0.0595. The number of nitrogens with two attached hydrogens (primary N) is 1. The van der Waals surface area contributed by atoms with Gasteiger partial charge in [0.1, 0.15) is 33.9 Å². The van der Waals surface area contributed by atoms with E-state index in [0.29, 0.717) is 34.0 Å². The summed E-state index contributed by atoms with van der Waals surface area (Å²) in [5, 5.41) is 3.17. The van der Waals surface area contributed by atoms with E-state index >= 15 is 0 Å². The lowest BCUT2D eigenvalue weighted by Gasteiger charge is -2.32. The Labute approximate surface area is 242 Å². The molecular weight excluding hydrogens is 543 g/mol. The van der Waals surface area contributed by atoms with Crippen LogP contribution >= 0.6 is 11.5 Å². The number of benzene rings is 3. The van der Waals surface area contributed by atoms with E-state index in [1.54, 1.807) is 74.9 Å². The van der Waals surface area contributed by atoms with Crippen molar-refractivity contribution in [3.05, 3.63) is 89.1 Å². The molecule has 8 nitrogen and oxygen atoms in total. The van der Waals surface area contributed by atoms with Gasteiger partial charge in [0.2, 0.25) is 5.91 Å². The molecule has 41 heavy (non-hydrogen) atoms. The van der Waals surface area contributed by atoms with Crippen molar-refractivity contribution in [2.75, 3.05) is 24.9 Å². The molecule has 3 N–H and O–H groups in total. The van der Waals surface area contributed by atoms with E-state index in [9.17, 15) is 14.0 Å². The summed E-state index contributed by atoms with van der Waals surface area (Å²) in [6.45, 7) is 0. The van der Waals surface area contributed by atoms with Gasteiger partial charge in [0.05, 0.1) is 19.9 Å². The Bertz CT molecular complexity index is 1500. The first-order valence-electron chi connectivity index (χ1n) is 13.3. The predicted octanol–water partition coefficient (Wildman–Crippen LogP) is 6.00. The second-order valence-corrected chi connectivity index (χ2v) is 10.6. The molecular formula is C31H31FN4O4S. The molecule has 1 heterocycles. The number of rotatable bonds is 9. The summed E-state index contributed by atoms with van der Waals surface area (Å²) in [7, 11) is 3.12. The van der Waals surface area contributed by atoms with Gasteiger partial charge in [-0.25, -0.2) is 4.39 Å². The Balaban J connectivity index is 1.61. The lowest BCUT2D eigenvalue weighted by molar-refractivity contribution is -0.123. The number of carbonyl (C=O) groups excluding carboxylic acids is 2. The number of hydrogen-bond acceptors (Lipinski definition) is 7. The Morgan fingerprint density at radius 3 is 2.12 bits per heavy atom. The number of nitrogens with one attached hydrogen (secondary N) is 1. The molecule has 0 unspecified atom stereocenters. The molecule has 1 aliphatic rings. The van der Waals surface area contributed by atoms with Gasteiger partial charge in [-0.2, -0.15) is 4.37 Å². The first-order valence-corrected chi connectivity index (χ1v) is 14.1. The van der Waals surface area contributed by atoms with Crippen LogP contribution in [0.2, 0.25) is 0 Å². The maximum absolute atomic E-state index is 14.4. The molecule has 0 aliphatic heterocycles. The molecule has 2 amide bonds. The molecule has 0 radical (unpaired) electrons. The molecule has 3 aromatic carbocycles. The predicted molar refractivity (Wildman–Crippen MR) is 158 cm³/mol. The number of nitrogens with zero attached hydrogens (tertiary/aromatic N) is 2. The van der Waals surface area contributed by atoms with Crippen LogP contribution in [0.4, 0.5) is 15.8 Å². The summed E-state index contributed by atoms with van der Waals surface area (Å²) >= 11 is 0.941. The van der Waals surface area contributed by atoms with Crippen LogP contribution in [0.25, 0.3) is 11.3 Å². The normalized spacial score (nSPS) is 13.9. The minimum Gasteiger partial charge on any atom is -0.497 e. The first kappa shape index (κ1) is 28.1. The van der Waals surface area contributed by atoms with Crippen molar-refractivity contribution in [3.8, 4) is 22.8 Å². The van der Waals surface area contributed by atoms with Crippen molar-refractivity contribution in [3.63, 3.8) is 0 Å². The summed E-state index contributed by atoms with van der Waals surface area (Å²) in [4.78, 5) is 30.1. The van der Waals surface area contributed by atoms with Gasteiger partial charge in [-0.3, -0.25) is 14.5 Å². The smallest absolute Gasteiger partial charge is 0.273 e. The molecule has 10 heteroatoms. The van der Waals surface area contributed by atoms with Crippen LogP contribution in [0.5, 0.6) is 11.5 Å². The van der Waals surface area contributed by atoms with E-state index in [4.69, 9.17) is 15.2 Å². The number of halogens is 1. The highest BCUT2D eigenvalue weighted by molar-refractivity contribution is 7.09. The van der Waals surface area contributed by atoms with Gasteiger partial charge in [-0.05, 0) is 90.6 Å². The molecule has 1 saturated carbocycles. The maximum atomic E-state index is 14.4. The monoisotopic (exact) mass is 574 g/mol. The molecule has 212 valence electrons. The Morgan fingerprint density at radius 1 is 0.951 bits per heavy atom. The zero-order chi connectivity index (χ0) is 28.9. The Kier molecular flexibility index (Phi) is 8.49. The molecule has 1 fully saturated rings. The van der Waals surface area contributed by atoms with E-state index in [-0.39, 0.29) is 28.3 Å². The molecule has 5 rings (SSSR count). The lowest BCUT2D eigenvalue weighted by atomic mass is 10.0. The van der Waals surface area contributed by atoms with E-state index in [0.717, 1.165) is 37.2 Å². The van der Waals surface area contributed by atoms with Crippen molar-refractivity contribution in [2.45, 2.75) is 37.8 Å². The van der Waals surface area contributed by atoms with E-state index in [1.807, 2.05) is 0 Å². The van der Waals surface area contributed by atoms with Crippen LogP contribution < -0.4 is 25.4 Å². The van der Waals surface area contributed by atoms with Crippen molar-refractivity contribution < 1.29 is 23.5 Å².